The first kappa shape index (κ1) is 13.3. The van der Waals surface area contributed by atoms with Gasteiger partial charge in [-0.3, -0.25) is 4.98 Å². The first-order valence-electron chi connectivity index (χ1n) is 7.23. The second-order valence-electron chi connectivity index (χ2n) is 5.40. The van der Waals surface area contributed by atoms with E-state index in [0.29, 0.717) is 0 Å². The van der Waals surface area contributed by atoms with Crippen LogP contribution >= 0.6 is 0 Å². The summed E-state index contributed by atoms with van der Waals surface area (Å²) in [5, 5.41) is 13.7. The summed E-state index contributed by atoms with van der Waals surface area (Å²) in [5.74, 6) is 0. The minimum absolute atomic E-state index is 0.108. The van der Waals surface area contributed by atoms with E-state index in [4.69, 9.17) is 0 Å². The highest BCUT2D eigenvalue weighted by atomic mass is 16.3. The van der Waals surface area contributed by atoms with Crippen LogP contribution in [0.3, 0.4) is 0 Å². The van der Waals surface area contributed by atoms with Gasteiger partial charge in [-0.15, -0.1) is 0 Å². The Balaban J connectivity index is 1.88. The van der Waals surface area contributed by atoms with Crippen LogP contribution in [0.5, 0.6) is 0 Å². The van der Waals surface area contributed by atoms with E-state index in [1.165, 1.54) is 11.1 Å². The first-order valence-corrected chi connectivity index (χ1v) is 7.23. The highest BCUT2D eigenvalue weighted by Crippen LogP contribution is 2.26. The lowest BCUT2D eigenvalue weighted by Gasteiger charge is -2.26. The molecule has 0 aliphatic heterocycles. The summed E-state index contributed by atoms with van der Waals surface area (Å²) in [4.78, 5) is 4.09. The molecule has 0 bridgehead atoms. The molecule has 1 aromatic heterocycles. The van der Waals surface area contributed by atoms with Crippen LogP contribution in [0.15, 0.2) is 54.9 Å². The van der Waals surface area contributed by atoms with Crippen LogP contribution in [-0.4, -0.2) is 22.2 Å². The van der Waals surface area contributed by atoms with Gasteiger partial charge in [0, 0.05) is 18.4 Å². The largest absolute Gasteiger partial charge is 0.392 e. The van der Waals surface area contributed by atoms with E-state index in [1.54, 1.807) is 0 Å². The molecule has 3 nitrogen and oxygen atoms in total. The van der Waals surface area contributed by atoms with Crippen LogP contribution in [0.4, 0.5) is 0 Å². The number of aliphatic hydroxyl groups is 1. The van der Waals surface area contributed by atoms with Crippen molar-refractivity contribution in [2.24, 2.45) is 0 Å². The van der Waals surface area contributed by atoms with Crippen molar-refractivity contribution < 1.29 is 5.11 Å². The number of hydrogen-bond acceptors (Lipinski definition) is 3. The first-order chi connectivity index (χ1) is 9.84. The second-order valence-corrected chi connectivity index (χ2v) is 5.40. The zero-order valence-corrected chi connectivity index (χ0v) is 11.4. The van der Waals surface area contributed by atoms with Gasteiger partial charge >= 0.3 is 0 Å². The summed E-state index contributed by atoms with van der Waals surface area (Å²) in [6.45, 7) is 0. The lowest BCUT2D eigenvalue weighted by atomic mass is 9.98. The van der Waals surface area contributed by atoms with Gasteiger partial charge < -0.3 is 10.4 Å². The lowest BCUT2D eigenvalue weighted by Crippen LogP contribution is -2.38. The molecule has 2 N–H and O–H groups in total. The number of hydrogen-bond donors (Lipinski definition) is 2. The van der Waals surface area contributed by atoms with Crippen molar-refractivity contribution in [2.45, 2.75) is 37.5 Å². The van der Waals surface area contributed by atoms with E-state index in [-0.39, 0.29) is 18.2 Å². The Kier molecular flexibility index (Phi) is 4.09. The minimum atomic E-state index is -0.233. The van der Waals surface area contributed by atoms with Crippen LogP contribution in [0.2, 0.25) is 0 Å². The van der Waals surface area contributed by atoms with Gasteiger partial charge in [0.1, 0.15) is 0 Å². The summed E-state index contributed by atoms with van der Waals surface area (Å²) in [5.41, 5.74) is 2.41. The van der Waals surface area contributed by atoms with Gasteiger partial charge in [-0.1, -0.05) is 30.3 Å². The van der Waals surface area contributed by atoms with Crippen molar-refractivity contribution in [3.8, 4) is 0 Å². The number of nitrogens with one attached hydrogen (secondary N) is 1. The second kappa shape index (κ2) is 6.16. The summed E-state index contributed by atoms with van der Waals surface area (Å²) in [7, 11) is 0. The quantitative estimate of drug-likeness (QED) is 0.896. The fourth-order valence-corrected chi connectivity index (χ4v) is 2.94. The molecule has 1 aliphatic rings. The Labute approximate surface area is 119 Å². The smallest absolute Gasteiger partial charge is 0.0693 e. The van der Waals surface area contributed by atoms with Crippen molar-refractivity contribution in [1.29, 1.82) is 0 Å². The summed E-state index contributed by atoms with van der Waals surface area (Å²) in [6.07, 6.45) is 6.43. The van der Waals surface area contributed by atoms with Gasteiger partial charge in [0.25, 0.3) is 0 Å². The molecule has 0 radical (unpaired) electrons. The molecule has 2 aromatic rings. The standard InChI is InChI=1S/C17H20N2O/c20-16-8-4-7-15(16)19-17(13-5-2-1-3-6-13)14-9-11-18-12-10-14/h1-3,5-6,9-12,15-17,19-20H,4,7-8H2/t15-,16-,17?/m1/s1. The third-order valence-electron chi connectivity index (χ3n) is 4.03. The molecule has 0 spiro atoms. The van der Waals surface area contributed by atoms with Gasteiger partial charge in [-0.2, -0.15) is 0 Å². The molecule has 0 amide bonds. The van der Waals surface area contributed by atoms with Gasteiger partial charge in [0.05, 0.1) is 12.1 Å². The van der Waals surface area contributed by atoms with Gasteiger partial charge in [0.2, 0.25) is 0 Å². The molecule has 1 fully saturated rings. The van der Waals surface area contributed by atoms with E-state index in [0.717, 1.165) is 19.3 Å². The van der Waals surface area contributed by atoms with Crippen LogP contribution < -0.4 is 5.32 Å². The molecule has 20 heavy (non-hydrogen) atoms. The van der Waals surface area contributed by atoms with E-state index in [2.05, 4.69) is 34.6 Å². The fourth-order valence-electron chi connectivity index (χ4n) is 2.94. The predicted octanol–water partition coefficient (Wildman–Crippen LogP) is 2.67. The molecule has 1 aliphatic carbocycles. The summed E-state index contributed by atoms with van der Waals surface area (Å²) in [6, 6.07) is 14.7. The number of rotatable bonds is 4. The van der Waals surface area contributed by atoms with Gasteiger partial charge in [0.15, 0.2) is 0 Å². The third-order valence-corrected chi connectivity index (χ3v) is 4.03. The minimum Gasteiger partial charge on any atom is -0.392 e. The monoisotopic (exact) mass is 268 g/mol. The third kappa shape index (κ3) is 2.89. The Morgan fingerprint density at radius 3 is 2.35 bits per heavy atom. The molecule has 1 saturated carbocycles. The normalized spacial score (nSPS) is 23.6. The number of aliphatic hydroxyl groups excluding tert-OH is 1. The maximum absolute atomic E-state index is 10.1. The molecule has 3 heteroatoms. The molecule has 1 aromatic carbocycles. The molecule has 1 heterocycles. The molecule has 3 rings (SSSR count). The highest BCUT2D eigenvalue weighted by molar-refractivity contribution is 5.30. The van der Waals surface area contributed by atoms with Crippen LogP contribution in [-0.2, 0) is 0 Å². The van der Waals surface area contributed by atoms with E-state index in [1.807, 2.05) is 30.6 Å². The maximum atomic E-state index is 10.1. The van der Waals surface area contributed by atoms with E-state index < -0.39 is 0 Å². The van der Waals surface area contributed by atoms with Crippen molar-refractivity contribution >= 4 is 0 Å². The number of benzene rings is 1. The maximum Gasteiger partial charge on any atom is 0.0693 e. The zero-order chi connectivity index (χ0) is 13.8. The Morgan fingerprint density at radius 2 is 1.70 bits per heavy atom. The van der Waals surface area contributed by atoms with Crippen molar-refractivity contribution in [1.82, 2.24) is 10.3 Å². The fraction of sp³-hybridized carbons (Fsp3) is 0.353. The Hall–Kier alpha value is -1.71. The average molecular weight is 268 g/mol. The summed E-state index contributed by atoms with van der Waals surface area (Å²) < 4.78 is 0. The van der Waals surface area contributed by atoms with Crippen molar-refractivity contribution in [3.05, 3.63) is 66.0 Å². The SMILES string of the molecule is O[C@@H]1CCC[C@H]1NC(c1ccccc1)c1ccncc1. The molecule has 104 valence electrons. The molecule has 0 saturated heterocycles. The van der Waals surface area contributed by atoms with Gasteiger partial charge in [-0.05, 0) is 42.5 Å². The Bertz CT molecular complexity index is 490. The number of pyridine rings is 1. The van der Waals surface area contributed by atoms with Gasteiger partial charge in [-0.25, -0.2) is 0 Å². The molecular formula is C17H20N2O. The van der Waals surface area contributed by atoms with Crippen molar-refractivity contribution in [3.63, 3.8) is 0 Å². The average Bonchev–Trinajstić information content (AvgIpc) is 2.92. The highest BCUT2D eigenvalue weighted by Gasteiger charge is 2.28. The number of aromatic nitrogens is 1. The predicted molar refractivity (Wildman–Crippen MR) is 79.3 cm³/mol. The van der Waals surface area contributed by atoms with Crippen molar-refractivity contribution in [2.75, 3.05) is 0 Å². The van der Waals surface area contributed by atoms with E-state index in [9.17, 15) is 5.11 Å². The van der Waals surface area contributed by atoms with Crippen LogP contribution in [0.25, 0.3) is 0 Å². The van der Waals surface area contributed by atoms with Crippen LogP contribution in [0.1, 0.15) is 36.4 Å². The zero-order valence-electron chi connectivity index (χ0n) is 11.4. The Morgan fingerprint density at radius 1 is 1.00 bits per heavy atom. The van der Waals surface area contributed by atoms with E-state index >= 15 is 0 Å². The van der Waals surface area contributed by atoms with Crippen LogP contribution in [0, 0.1) is 0 Å². The topological polar surface area (TPSA) is 45.1 Å². The number of nitrogens with zero attached hydrogens (tertiary/aromatic N) is 1. The molecule has 1 unspecified atom stereocenters. The lowest BCUT2D eigenvalue weighted by molar-refractivity contribution is 0.145. The summed E-state index contributed by atoms with van der Waals surface area (Å²) >= 11 is 0. The molecule has 3 atom stereocenters. The molecular weight excluding hydrogens is 248 g/mol.